The van der Waals surface area contributed by atoms with E-state index < -0.39 is 11.9 Å². The second-order valence-corrected chi connectivity index (χ2v) is 3.90. The summed E-state index contributed by atoms with van der Waals surface area (Å²) >= 11 is 0. The van der Waals surface area contributed by atoms with E-state index in [9.17, 15) is 14.0 Å². The number of amides is 3. The fraction of sp³-hybridized carbons (Fsp3) is 0.385. The highest BCUT2D eigenvalue weighted by Crippen LogP contribution is 2.10. The van der Waals surface area contributed by atoms with Crippen molar-refractivity contribution >= 4 is 11.9 Å². The lowest BCUT2D eigenvalue weighted by atomic mass is 10.3. The Hall–Kier alpha value is -2.11. The Morgan fingerprint density at radius 1 is 1.26 bits per heavy atom. The van der Waals surface area contributed by atoms with Gasteiger partial charge in [-0.2, -0.15) is 0 Å². The Balaban J connectivity index is 2.24. The molecule has 0 heterocycles. The van der Waals surface area contributed by atoms with Crippen LogP contribution >= 0.6 is 0 Å². The van der Waals surface area contributed by atoms with Gasteiger partial charge in [-0.3, -0.25) is 10.1 Å². The molecule has 0 fully saturated rings. The standard InChI is InChI=1S/C13H17FN2O3/c1-2-3-8-15-13(18)16-12(17)9-19-11-6-4-10(14)5-7-11/h4-7H,2-3,8-9H2,1H3,(H2,15,16,17,18). The van der Waals surface area contributed by atoms with Gasteiger partial charge >= 0.3 is 6.03 Å². The van der Waals surface area contributed by atoms with Gasteiger partial charge in [0.05, 0.1) is 0 Å². The molecule has 3 amide bonds. The van der Waals surface area contributed by atoms with Crippen LogP contribution in [0.3, 0.4) is 0 Å². The summed E-state index contributed by atoms with van der Waals surface area (Å²) < 4.78 is 17.7. The third kappa shape index (κ3) is 6.40. The topological polar surface area (TPSA) is 67.4 Å². The summed E-state index contributed by atoms with van der Waals surface area (Å²) in [4.78, 5) is 22.6. The summed E-state index contributed by atoms with van der Waals surface area (Å²) in [5.74, 6) is -0.576. The minimum atomic E-state index is -0.557. The molecule has 0 aliphatic rings. The first kappa shape index (κ1) is 14.9. The number of ether oxygens (including phenoxy) is 1. The molecular weight excluding hydrogens is 251 g/mol. The van der Waals surface area contributed by atoms with Gasteiger partial charge in [0, 0.05) is 6.54 Å². The molecule has 19 heavy (non-hydrogen) atoms. The van der Waals surface area contributed by atoms with E-state index in [4.69, 9.17) is 4.74 Å². The van der Waals surface area contributed by atoms with E-state index in [2.05, 4.69) is 10.6 Å². The van der Waals surface area contributed by atoms with E-state index in [1.54, 1.807) is 0 Å². The number of urea groups is 1. The van der Waals surface area contributed by atoms with Crippen LogP contribution in [0.2, 0.25) is 0 Å². The zero-order valence-corrected chi connectivity index (χ0v) is 10.7. The largest absolute Gasteiger partial charge is 0.484 e. The maximum atomic E-state index is 12.6. The van der Waals surface area contributed by atoms with E-state index in [-0.39, 0.29) is 12.4 Å². The maximum absolute atomic E-state index is 12.6. The first-order valence-electron chi connectivity index (χ1n) is 6.08. The highest BCUT2D eigenvalue weighted by Gasteiger charge is 2.07. The van der Waals surface area contributed by atoms with Crippen molar-refractivity contribution in [1.82, 2.24) is 10.6 Å². The van der Waals surface area contributed by atoms with Gasteiger partial charge in [0.1, 0.15) is 11.6 Å². The minimum absolute atomic E-state index is 0.299. The number of carbonyl (C=O) groups excluding carboxylic acids is 2. The van der Waals surface area contributed by atoms with Crippen LogP contribution in [0.25, 0.3) is 0 Å². The average Bonchev–Trinajstić information content (AvgIpc) is 2.38. The Morgan fingerprint density at radius 2 is 1.95 bits per heavy atom. The second-order valence-electron chi connectivity index (χ2n) is 3.90. The van der Waals surface area contributed by atoms with Crippen molar-refractivity contribution < 1.29 is 18.7 Å². The van der Waals surface area contributed by atoms with Crippen molar-refractivity contribution in [2.45, 2.75) is 19.8 Å². The van der Waals surface area contributed by atoms with Crippen molar-refractivity contribution in [1.29, 1.82) is 0 Å². The zero-order chi connectivity index (χ0) is 14.1. The SMILES string of the molecule is CCCCNC(=O)NC(=O)COc1ccc(F)cc1. The number of imide groups is 1. The Kier molecular flexibility index (Phi) is 6.35. The van der Waals surface area contributed by atoms with Crippen LogP contribution in [0.5, 0.6) is 5.75 Å². The molecule has 2 N–H and O–H groups in total. The minimum Gasteiger partial charge on any atom is -0.484 e. The summed E-state index contributed by atoms with van der Waals surface area (Å²) in [6.07, 6.45) is 1.82. The first-order chi connectivity index (χ1) is 9.11. The predicted molar refractivity (Wildman–Crippen MR) is 68.3 cm³/mol. The smallest absolute Gasteiger partial charge is 0.321 e. The van der Waals surface area contributed by atoms with Crippen LogP contribution in [-0.2, 0) is 4.79 Å². The molecule has 1 aromatic carbocycles. The molecule has 0 radical (unpaired) electrons. The van der Waals surface area contributed by atoms with Gasteiger partial charge in [-0.05, 0) is 30.7 Å². The normalized spacial score (nSPS) is 9.79. The van der Waals surface area contributed by atoms with E-state index >= 15 is 0 Å². The lowest BCUT2D eigenvalue weighted by Crippen LogP contribution is -2.41. The van der Waals surface area contributed by atoms with Crippen molar-refractivity contribution in [3.05, 3.63) is 30.1 Å². The van der Waals surface area contributed by atoms with Gasteiger partial charge in [-0.25, -0.2) is 9.18 Å². The predicted octanol–water partition coefficient (Wildman–Crippen LogP) is 1.83. The van der Waals surface area contributed by atoms with Crippen molar-refractivity contribution in [3.63, 3.8) is 0 Å². The van der Waals surface area contributed by atoms with Gasteiger partial charge in [0.2, 0.25) is 0 Å². The molecule has 1 aromatic rings. The fourth-order valence-corrected chi connectivity index (χ4v) is 1.27. The fourth-order valence-electron chi connectivity index (χ4n) is 1.27. The number of nitrogens with one attached hydrogen (secondary N) is 2. The summed E-state index contributed by atoms with van der Waals surface area (Å²) in [5, 5.41) is 4.68. The van der Waals surface area contributed by atoms with E-state index in [0.717, 1.165) is 12.8 Å². The molecular formula is C13H17FN2O3. The Labute approximate surface area is 111 Å². The summed E-state index contributed by atoms with van der Waals surface area (Å²) in [6.45, 7) is 2.22. The molecule has 0 saturated carbocycles. The highest BCUT2D eigenvalue weighted by atomic mass is 19.1. The molecule has 0 spiro atoms. The first-order valence-corrected chi connectivity index (χ1v) is 6.08. The van der Waals surface area contributed by atoms with Crippen LogP contribution in [0.1, 0.15) is 19.8 Å². The zero-order valence-electron chi connectivity index (χ0n) is 10.7. The molecule has 104 valence electrons. The Morgan fingerprint density at radius 3 is 2.58 bits per heavy atom. The molecule has 0 saturated heterocycles. The van der Waals surface area contributed by atoms with Gasteiger partial charge in [0.15, 0.2) is 6.61 Å². The van der Waals surface area contributed by atoms with Crippen molar-refractivity contribution in [3.8, 4) is 5.75 Å². The number of hydrogen-bond acceptors (Lipinski definition) is 3. The third-order valence-corrected chi connectivity index (χ3v) is 2.25. The molecule has 0 bridgehead atoms. The lowest BCUT2D eigenvalue weighted by molar-refractivity contribution is -0.122. The van der Waals surface area contributed by atoms with Gasteiger partial charge in [-0.1, -0.05) is 13.3 Å². The monoisotopic (exact) mass is 268 g/mol. The molecule has 6 heteroatoms. The second kappa shape index (κ2) is 8.07. The number of hydrogen-bond donors (Lipinski definition) is 2. The van der Waals surface area contributed by atoms with Crippen LogP contribution in [0.15, 0.2) is 24.3 Å². The van der Waals surface area contributed by atoms with Crippen LogP contribution in [0, 0.1) is 5.82 Å². The number of unbranched alkanes of at least 4 members (excludes halogenated alkanes) is 1. The van der Waals surface area contributed by atoms with Crippen molar-refractivity contribution in [2.24, 2.45) is 0 Å². The van der Waals surface area contributed by atoms with Crippen molar-refractivity contribution in [2.75, 3.05) is 13.2 Å². The Bertz CT molecular complexity index is 420. The maximum Gasteiger partial charge on any atom is 0.321 e. The van der Waals surface area contributed by atoms with E-state index in [0.29, 0.717) is 12.3 Å². The molecule has 0 aromatic heterocycles. The van der Waals surface area contributed by atoms with E-state index in [1.165, 1.54) is 24.3 Å². The summed E-state index contributed by atoms with van der Waals surface area (Å²) in [5.41, 5.74) is 0. The van der Waals surface area contributed by atoms with E-state index in [1.807, 2.05) is 6.92 Å². The molecule has 0 aliphatic carbocycles. The molecule has 0 atom stereocenters. The van der Waals surface area contributed by atoms with Crippen LogP contribution in [-0.4, -0.2) is 25.1 Å². The van der Waals surface area contributed by atoms with Crippen LogP contribution in [0.4, 0.5) is 9.18 Å². The molecule has 1 rings (SSSR count). The summed E-state index contributed by atoms with van der Waals surface area (Å²) in [6, 6.07) is 4.73. The number of benzene rings is 1. The highest BCUT2D eigenvalue weighted by molar-refractivity contribution is 5.94. The average molecular weight is 268 g/mol. The molecule has 5 nitrogen and oxygen atoms in total. The quantitative estimate of drug-likeness (QED) is 0.773. The number of carbonyl (C=O) groups is 2. The lowest BCUT2D eigenvalue weighted by Gasteiger charge is -2.07. The number of rotatable bonds is 6. The third-order valence-electron chi connectivity index (χ3n) is 2.25. The van der Waals surface area contributed by atoms with Gasteiger partial charge in [-0.15, -0.1) is 0 Å². The number of halogens is 1. The van der Waals surface area contributed by atoms with Gasteiger partial charge < -0.3 is 10.1 Å². The summed E-state index contributed by atoms with van der Waals surface area (Å²) in [7, 11) is 0. The molecule has 0 unspecified atom stereocenters. The van der Waals surface area contributed by atoms with Crippen LogP contribution < -0.4 is 15.4 Å². The molecule has 0 aliphatic heterocycles. The van der Waals surface area contributed by atoms with Gasteiger partial charge in [0.25, 0.3) is 5.91 Å².